The molecule has 0 bridgehead atoms. The summed E-state index contributed by atoms with van der Waals surface area (Å²) >= 11 is 2.88. The number of thioether (sulfide) groups is 1. The van der Waals surface area contributed by atoms with Gasteiger partial charge in [0.25, 0.3) is 5.91 Å². The second-order valence-electron chi connectivity index (χ2n) is 6.75. The molecule has 8 heteroatoms. The Labute approximate surface area is 174 Å². The molecule has 144 valence electrons. The highest BCUT2D eigenvalue weighted by Crippen LogP contribution is 2.41. The monoisotopic (exact) mass is 421 g/mol. The summed E-state index contributed by atoms with van der Waals surface area (Å²) < 4.78 is 5.94. The van der Waals surface area contributed by atoms with E-state index in [0.717, 1.165) is 16.0 Å². The molecule has 0 spiro atoms. The van der Waals surface area contributed by atoms with E-state index >= 15 is 0 Å². The third-order valence-corrected chi connectivity index (χ3v) is 6.44. The Bertz CT molecular complexity index is 1300. The number of carbonyl (C=O) groups excluding carboxylic acids is 1. The molecule has 0 N–H and O–H groups in total. The fraction of sp³-hybridized carbons (Fsp3) is 0.143. The molecule has 0 saturated heterocycles. The highest BCUT2D eigenvalue weighted by atomic mass is 32.2. The summed E-state index contributed by atoms with van der Waals surface area (Å²) in [6.45, 7) is 1.92. The first-order chi connectivity index (χ1) is 14.1. The molecule has 4 aromatic rings. The van der Waals surface area contributed by atoms with Crippen LogP contribution >= 0.6 is 23.1 Å². The molecule has 0 radical (unpaired) electrons. The van der Waals surface area contributed by atoms with E-state index in [1.54, 1.807) is 29.4 Å². The molecular weight excluding hydrogens is 406 g/mol. The number of amides is 1. The SMILES string of the molecule is CSc1ccc(C2c3c(oc4ccc(C)cc4c3=O)C(=O)N2c2nncs2)cc1. The van der Waals surface area contributed by atoms with E-state index in [4.69, 9.17) is 4.42 Å². The third-order valence-electron chi connectivity index (χ3n) is 5.01. The number of rotatable bonds is 3. The Hall–Kier alpha value is -2.97. The van der Waals surface area contributed by atoms with Gasteiger partial charge in [-0.15, -0.1) is 22.0 Å². The van der Waals surface area contributed by atoms with Crippen LogP contribution in [0.25, 0.3) is 11.0 Å². The maximum Gasteiger partial charge on any atom is 0.297 e. The molecule has 2 aromatic heterocycles. The summed E-state index contributed by atoms with van der Waals surface area (Å²) in [5, 5.41) is 8.86. The molecule has 1 aliphatic rings. The van der Waals surface area contributed by atoms with Gasteiger partial charge in [0.15, 0.2) is 5.43 Å². The number of anilines is 1. The second-order valence-corrected chi connectivity index (χ2v) is 8.44. The highest BCUT2D eigenvalue weighted by molar-refractivity contribution is 7.98. The first-order valence-corrected chi connectivity index (χ1v) is 11.0. The number of hydrogen-bond donors (Lipinski definition) is 0. The van der Waals surface area contributed by atoms with Crippen LogP contribution in [0.4, 0.5) is 5.13 Å². The lowest BCUT2D eigenvalue weighted by atomic mass is 9.98. The van der Waals surface area contributed by atoms with Gasteiger partial charge in [0.05, 0.1) is 17.0 Å². The van der Waals surface area contributed by atoms with Crippen LogP contribution in [0.3, 0.4) is 0 Å². The van der Waals surface area contributed by atoms with Crippen molar-refractivity contribution >= 4 is 45.1 Å². The Morgan fingerprint density at radius 2 is 1.93 bits per heavy atom. The van der Waals surface area contributed by atoms with Crippen LogP contribution in [0.1, 0.15) is 33.3 Å². The zero-order valence-electron chi connectivity index (χ0n) is 15.6. The number of benzene rings is 2. The van der Waals surface area contributed by atoms with Crippen molar-refractivity contribution in [2.24, 2.45) is 0 Å². The van der Waals surface area contributed by atoms with Gasteiger partial charge in [0.2, 0.25) is 10.9 Å². The van der Waals surface area contributed by atoms with Gasteiger partial charge in [-0.1, -0.05) is 35.1 Å². The quantitative estimate of drug-likeness (QED) is 0.456. The van der Waals surface area contributed by atoms with E-state index in [1.807, 2.05) is 43.5 Å². The summed E-state index contributed by atoms with van der Waals surface area (Å²) in [5.74, 6) is -0.309. The standard InChI is InChI=1S/C21H15N3O3S2/c1-11-3-8-15-14(9-11)18(25)16-17(12-4-6-13(28-2)7-5-12)24(20(26)19(16)27-15)21-23-22-10-29-21/h3-10,17H,1-2H3. The Balaban J connectivity index is 1.80. The zero-order valence-corrected chi connectivity index (χ0v) is 17.2. The molecule has 0 saturated carbocycles. The van der Waals surface area contributed by atoms with Crippen LogP contribution in [0.15, 0.2) is 62.1 Å². The lowest BCUT2D eigenvalue weighted by molar-refractivity contribution is 0.0970. The van der Waals surface area contributed by atoms with Gasteiger partial charge in [-0.25, -0.2) is 0 Å². The van der Waals surface area contributed by atoms with Gasteiger partial charge in [-0.3, -0.25) is 14.5 Å². The normalized spacial score (nSPS) is 15.9. The number of aryl methyl sites for hydroxylation is 1. The van der Waals surface area contributed by atoms with Crippen molar-refractivity contribution in [2.45, 2.75) is 17.9 Å². The van der Waals surface area contributed by atoms with E-state index in [0.29, 0.717) is 21.7 Å². The Morgan fingerprint density at radius 3 is 2.62 bits per heavy atom. The van der Waals surface area contributed by atoms with Crippen molar-refractivity contribution < 1.29 is 9.21 Å². The first-order valence-electron chi connectivity index (χ1n) is 8.89. The molecule has 1 unspecified atom stereocenters. The minimum atomic E-state index is -0.609. The molecule has 1 amide bonds. The first kappa shape index (κ1) is 18.1. The predicted molar refractivity (Wildman–Crippen MR) is 114 cm³/mol. The fourth-order valence-electron chi connectivity index (χ4n) is 3.66. The molecule has 5 rings (SSSR count). The van der Waals surface area contributed by atoms with Crippen molar-refractivity contribution in [1.82, 2.24) is 10.2 Å². The van der Waals surface area contributed by atoms with Crippen molar-refractivity contribution in [1.29, 1.82) is 0 Å². The third kappa shape index (κ3) is 2.79. The van der Waals surface area contributed by atoms with Gasteiger partial charge < -0.3 is 4.42 Å². The van der Waals surface area contributed by atoms with Crippen molar-refractivity contribution in [3.8, 4) is 0 Å². The largest absolute Gasteiger partial charge is 0.450 e. The maximum absolute atomic E-state index is 13.5. The minimum Gasteiger partial charge on any atom is -0.450 e. The van der Waals surface area contributed by atoms with Gasteiger partial charge in [-0.05, 0) is 43.0 Å². The smallest absolute Gasteiger partial charge is 0.297 e. The number of hydrogen-bond acceptors (Lipinski definition) is 7. The summed E-state index contributed by atoms with van der Waals surface area (Å²) in [6.07, 6.45) is 2.00. The van der Waals surface area contributed by atoms with E-state index in [9.17, 15) is 9.59 Å². The fourth-order valence-corrected chi connectivity index (χ4v) is 4.65. The van der Waals surface area contributed by atoms with E-state index in [1.165, 1.54) is 16.2 Å². The van der Waals surface area contributed by atoms with Gasteiger partial charge in [0.1, 0.15) is 11.1 Å². The van der Waals surface area contributed by atoms with Crippen LogP contribution in [0.5, 0.6) is 0 Å². The van der Waals surface area contributed by atoms with E-state index in [2.05, 4.69) is 10.2 Å². The molecule has 3 heterocycles. The zero-order chi connectivity index (χ0) is 20.1. The molecular formula is C21H15N3O3S2. The van der Waals surface area contributed by atoms with Crippen molar-refractivity contribution in [3.63, 3.8) is 0 Å². The van der Waals surface area contributed by atoms with Crippen LogP contribution in [0, 0.1) is 6.92 Å². The molecule has 1 aliphatic heterocycles. The number of nitrogens with zero attached hydrogens (tertiary/aromatic N) is 3. The van der Waals surface area contributed by atoms with Gasteiger partial charge in [-0.2, -0.15) is 0 Å². The lowest BCUT2D eigenvalue weighted by Crippen LogP contribution is -2.29. The molecule has 29 heavy (non-hydrogen) atoms. The molecule has 1 atom stereocenters. The summed E-state index contributed by atoms with van der Waals surface area (Å²) in [7, 11) is 0. The lowest BCUT2D eigenvalue weighted by Gasteiger charge is -2.22. The average Bonchev–Trinajstić information content (AvgIpc) is 3.35. The molecule has 0 aliphatic carbocycles. The van der Waals surface area contributed by atoms with Gasteiger partial charge in [0, 0.05) is 4.90 Å². The van der Waals surface area contributed by atoms with Crippen LogP contribution in [-0.2, 0) is 0 Å². The molecule has 0 fully saturated rings. The molecule has 2 aromatic carbocycles. The Morgan fingerprint density at radius 1 is 1.14 bits per heavy atom. The summed E-state index contributed by atoms with van der Waals surface area (Å²) in [6, 6.07) is 12.6. The summed E-state index contributed by atoms with van der Waals surface area (Å²) in [5.41, 5.74) is 3.90. The number of fused-ring (bicyclic) bond motifs is 2. The number of aromatic nitrogens is 2. The van der Waals surface area contributed by atoms with Crippen LogP contribution in [0.2, 0.25) is 0 Å². The van der Waals surface area contributed by atoms with E-state index < -0.39 is 6.04 Å². The predicted octanol–water partition coefficient (Wildman–Crippen LogP) is 4.42. The second kappa shape index (κ2) is 6.82. The summed E-state index contributed by atoms with van der Waals surface area (Å²) in [4.78, 5) is 29.4. The van der Waals surface area contributed by atoms with Crippen molar-refractivity contribution in [3.05, 3.63) is 80.6 Å². The van der Waals surface area contributed by atoms with E-state index in [-0.39, 0.29) is 17.1 Å². The van der Waals surface area contributed by atoms with Crippen LogP contribution < -0.4 is 10.3 Å². The average molecular weight is 422 g/mol. The molecule has 6 nitrogen and oxygen atoms in total. The Kier molecular flexibility index (Phi) is 4.25. The van der Waals surface area contributed by atoms with Crippen molar-refractivity contribution in [2.75, 3.05) is 11.2 Å². The topological polar surface area (TPSA) is 76.3 Å². The maximum atomic E-state index is 13.5. The minimum absolute atomic E-state index is 0.0699. The van der Waals surface area contributed by atoms with Gasteiger partial charge >= 0.3 is 0 Å². The number of carbonyl (C=O) groups is 1. The van der Waals surface area contributed by atoms with Crippen LogP contribution in [-0.4, -0.2) is 22.4 Å². The highest BCUT2D eigenvalue weighted by Gasteiger charge is 2.44.